The van der Waals surface area contributed by atoms with Crippen molar-refractivity contribution in [2.75, 3.05) is 6.61 Å². The molecule has 0 aliphatic carbocycles. The van der Waals surface area contributed by atoms with E-state index >= 15 is 0 Å². The number of hydrogen-bond donors (Lipinski definition) is 0. The molecule has 0 aromatic carbocycles. The number of hydrogen-bond acceptors (Lipinski definition) is 3. The average molecular weight is 267 g/mol. The average Bonchev–Trinajstić information content (AvgIpc) is 2.49. The van der Waals surface area contributed by atoms with Crippen LogP contribution in [0.15, 0.2) is 10.3 Å². The van der Waals surface area contributed by atoms with Crippen molar-refractivity contribution < 1.29 is 13.6 Å². The van der Waals surface area contributed by atoms with Crippen LogP contribution in [0, 0.1) is 0 Å². The normalized spacial score (nSPS) is 30.1. The van der Waals surface area contributed by atoms with Crippen LogP contribution < -0.4 is 0 Å². The first-order valence-electron chi connectivity index (χ1n) is 5.91. The summed E-state index contributed by atoms with van der Waals surface area (Å²) in [6.07, 6.45) is 3.19. The van der Waals surface area contributed by atoms with Gasteiger partial charge in [0.25, 0.3) is 0 Å². The highest BCUT2D eigenvalue weighted by molar-refractivity contribution is 7.59. The van der Waals surface area contributed by atoms with Gasteiger partial charge < -0.3 is 4.52 Å². The van der Waals surface area contributed by atoms with Crippen molar-refractivity contribution in [1.82, 2.24) is 0 Å². The molecule has 0 N–H and O–H groups in total. The highest BCUT2D eigenvalue weighted by atomic mass is 35.5. The maximum atomic E-state index is 12.4. The molecule has 1 heterocycles. The summed E-state index contributed by atoms with van der Waals surface area (Å²) < 4.78 is 23.2. The van der Waals surface area contributed by atoms with Crippen LogP contribution in [0.4, 0.5) is 0 Å². The van der Waals surface area contributed by atoms with E-state index in [1.807, 2.05) is 13.8 Å². The van der Waals surface area contributed by atoms with Gasteiger partial charge in [-0.05, 0) is 26.2 Å². The molecule has 1 aliphatic heterocycles. The summed E-state index contributed by atoms with van der Waals surface area (Å²) in [6, 6.07) is 0. The highest BCUT2D eigenvalue weighted by Crippen LogP contribution is 2.65. The Kier molecular flexibility index (Phi) is 5.52. The van der Waals surface area contributed by atoms with Crippen LogP contribution in [0.2, 0.25) is 0 Å². The summed E-state index contributed by atoms with van der Waals surface area (Å²) in [5.74, 6) is 0. The molecule has 0 bridgehead atoms. The lowest BCUT2D eigenvalue weighted by molar-refractivity contribution is 0.190. The first-order chi connectivity index (χ1) is 7.59. The van der Waals surface area contributed by atoms with Gasteiger partial charge in [0.2, 0.25) is 0 Å². The van der Waals surface area contributed by atoms with Gasteiger partial charge in [-0.2, -0.15) is 0 Å². The minimum absolute atomic E-state index is 0.245. The molecule has 0 aromatic heterocycles. The standard InChI is InChI=1S/C11H20ClO3P/c1-4-7-8-10-11(12)9(5-2)15-16(10,13)14-6-3/h9H,4-8H2,1-3H3/t9-,16-/m0/s1. The van der Waals surface area contributed by atoms with E-state index in [2.05, 4.69) is 6.92 Å². The molecule has 0 unspecified atom stereocenters. The molecule has 0 aromatic rings. The van der Waals surface area contributed by atoms with Crippen molar-refractivity contribution in [1.29, 1.82) is 0 Å². The van der Waals surface area contributed by atoms with E-state index in [1.54, 1.807) is 0 Å². The Morgan fingerprint density at radius 2 is 2.12 bits per heavy atom. The van der Waals surface area contributed by atoms with E-state index in [0.29, 0.717) is 23.4 Å². The number of allylic oxidation sites excluding steroid dienone is 1. The lowest BCUT2D eigenvalue weighted by Gasteiger charge is -2.15. The fourth-order valence-electron chi connectivity index (χ4n) is 1.73. The third kappa shape index (κ3) is 2.89. The molecule has 16 heavy (non-hydrogen) atoms. The zero-order chi connectivity index (χ0) is 12.2. The predicted molar refractivity (Wildman–Crippen MR) is 66.8 cm³/mol. The van der Waals surface area contributed by atoms with Crippen LogP contribution in [0.5, 0.6) is 0 Å². The molecular weight excluding hydrogens is 247 g/mol. The van der Waals surface area contributed by atoms with Gasteiger partial charge in [-0.3, -0.25) is 9.09 Å². The molecule has 0 fully saturated rings. The van der Waals surface area contributed by atoms with E-state index < -0.39 is 7.60 Å². The van der Waals surface area contributed by atoms with E-state index in [1.165, 1.54) is 0 Å². The molecule has 5 heteroatoms. The Labute approximate surface area is 103 Å². The molecule has 0 saturated heterocycles. The van der Waals surface area contributed by atoms with Gasteiger partial charge in [-0.15, -0.1) is 0 Å². The maximum absolute atomic E-state index is 12.4. The Morgan fingerprint density at radius 3 is 2.62 bits per heavy atom. The van der Waals surface area contributed by atoms with E-state index in [4.69, 9.17) is 20.6 Å². The number of rotatable bonds is 6. The van der Waals surface area contributed by atoms with Gasteiger partial charge in [-0.25, -0.2) is 0 Å². The van der Waals surface area contributed by atoms with E-state index in [9.17, 15) is 4.57 Å². The molecule has 94 valence electrons. The van der Waals surface area contributed by atoms with Crippen LogP contribution in [-0.2, 0) is 13.6 Å². The zero-order valence-electron chi connectivity index (χ0n) is 10.2. The SMILES string of the molecule is CCCCC1=C(Cl)[C@H](CC)O[P@@]1(=O)OCC. The van der Waals surface area contributed by atoms with Crippen molar-refractivity contribution in [2.45, 2.75) is 52.6 Å². The molecule has 0 spiro atoms. The fourth-order valence-corrected chi connectivity index (χ4v) is 4.50. The van der Waals surface area contributed by atoms with Crippen molar-refractivity contribution in [3.63, 3.8) is 0 Å². The van der Waals surface area contributed by atoms with Crippen LogP contribution in [0.1, 0.15) is 46.5 Å². The Morgan fingerprint density at radius 1 is 1.44 bits per heavy atom. The summed E-state index contributed by atoms with van der Waals surface area (Å²) in [5, 5.41) is 1.30. The van der Waals surface area contributed by atoms with E-state index in [0.717, 1.165) is 19.3 Å². The third-order valence-corrected chi connectivity index (χ3v) is 5.45. The summed E-state index contributed by atoms with van der Waals surface area (Å²) in [4.78, 5) is 0. The molecule has 0 radical (unpaired) electrons. The summed E-state index contributed by atoms with van der Waals surface area (Å²) in [6.45, 7) is 6.25. The molecule has 0 saturated carbocycles. The fraction of sp³-hybridized carbons (Fsp3) is 0.818. The zero-order valence-corrected chi connectivity index (χ0v) is 11.8. The van der Waals surface area contributed by atoms with Gasteiger partial charge in [0.15, 0.2) is 0 Å². The van der Waals surface area contributed by atoms with Crippen molar-refractivity contribution in [3.8, 4) is 0 Å². The Balaban J connectivity index is 2.91. The van der Waals surface area contributed by atoms with Crippen molar-refractivity contribution >= 4 is 19.2 Å². The lowest BCUT2D eigenvalue weighted by Crippen LogP contribution is -2.04. The second kappa shape index (κ2) is 6.20. The van der Waals surface area contributed by atoms with Crippen LogP contribution in [-0.4, -0.2) is 12.7 Å². The molecule has 1 aliphatic rings. The van der Waals surface area contributed by atoms with Gasteiger partial charge >= 0.3 is 7.60 Å². The minimum atomic E-state index is -3.09. The van der Waals surface area contributed by atoms with Gasteiger partial charge in [0.05, 0.1) is 17.0 Å². The van der Waals surface area contributed by atoms with Crippen molar-refractivity contribution in [3.05, 3.63) is 10.3 Å². The minimum Gasteiger partial charge on any atom is -0.306 e. The molecular formula is C11H20ClO3P. The molecule has 3 nitrogen and oxygen atoms in total. The van der Waals surface area contributed by atoms with Crippen LogP contribution in [0.3, 0.4) is 0 Å². The first-order valence-corrected chi connectivity index (χ1v) is 7.83. The second-order valence-corrected chi connectivity index (χ2v) is 6.23. The maximum Gasteiger partial charge on any atom is 0.359 e. The first kappa shape index (κ1) is 14.2. The smallest absolute Gasteiger partial charge is 0.306 e. The number of halogens is 1. The van der Waals surface area contributed by atoms with Crippen molar-refractivity contribution in [2.24, 2.45) is 0 Å². The third-order valence-electron chi connectivity index (χ3n) is 2.59. The summed E-state index contributed by atoms with van der Waals surface area (Å²) >= 11 is 6.20. The predicted octanol–water partition coefficient (Wildman–Crippen LogP) is 4.67. The van der Waals surface area contributed by atoms with Crippen LogP contribution >= 0.6 is 19.2 Å². The monoisotopic (exact) mass is 266 g/mol. The van der Waals surface area contributed by atoms with Crippen LogP contribution in [0.25, 0.3) is 0 Å². The lowest BCUT2D eigenvalue weighted by atomic mass is 10.2. The summed E-state index contributed by atoms with van der Waals surface area (Å²) in [5.41, 5.74) is 0. The Bertz CT molecular complexity index is 314. The molecule has 0 amide bonds. The molecule has 1 rings (SSSR count). The van der Waals surface area contributed by atoms with Gasteiger partial charge in [-0.1, -0.05) is 31.9 Å². The topological polar surface area (TPSA) is 35.5 Å². The second-order valence-electron chi connectivity index (χ2n) is 3.82. The van der Waals surface area contributed by atoms with E-state index in [-0.39, 0.29) is 6.10 Å². The Hall–Kier alpha value is 0.180. The quantitative estimate of drug-likeness (QED) is 0.656. The largest absolute Gasteiger partial charge is 0.359 e. The van der Waals surface area contributed by atoms with Gasteiger partial charge in [0.1, 0.15) is 6.10 Å². The summed E-state index contributed by atoms with van der Waals surface area (Å²) in [7, 11) is -3.09. The number of unbranched alkanes of at least 4 members (excludes halogenated alkanes) is 1. The highest BCUT2D eigenvalue weighted by Gasteiger charge is 2.42. The molecule has 2 atom stereocenters. The van der Waals surface area contributed by atoms with Gasteiger partial charge in [0, 0.05) is 0 Å².